The van der Waals surface area contributed by atoms with Gasteiger partial charge in [-0.2, -0.15) is 0 Å². The van der Waals surface area contributed by atoms with E-state index in [2.05, 4.69) is 55.4 Å². The molecule has 4 nitrogen and oxygen atoms in total. The highest BCUT2D eigenvalue weighted by Crippen LogP contribution is 2.25. The normalized spacial score (nSPS) is 13.3. The lowest BCUT2D eigenvalue weighted by molar-refractivity contribution is -0.117. The largest absolute Gasteiger partial charge is 0.396 e. The Labute approximate surface area is 169 Å². The third kappa shape index (κ3) is 12.8. The molecule has 0 fully saturated rings. The molecule has 27 heavy (non-hydrogen) atoms. The Morgan fingerprint density at radius 3 is 1.00 bits per heavy atom. The SMILES string of the molecule is CC(C)CC(CC(C)C)OCC(CO)(CO)COC(CC(C)C)CC(C)C. The molecule has 0 saturated carbocycles. The molecule has 0 atom stereocenters. The second-order valence-corrected chi connectivity index (χ2v) is 10.2. The molecule has 0 aliphatic rings. The number of aliphatic hydroxyl groups is 2. The van der Waals surface area contributed by atoms with E-state index in [1.54, 1.807) is 0 Å². The van der Waals surface area contributed by atoms with E-state index >= 15 is 0 Å². The monoisotopic (exact) mass is 388 g/mol. The van der Waals surface area contributed by atoms with E-state index in [-0.39, 0.29) is 25.4 Å². The Morgan fingerprint density at radius 2 is 0.815 bits per heavy atom. The molecule has 0 aromatic heterocycles. The molecule has 0 bridgehead atoms. The van der Waals surface area contributed by atoms with Gasteiger partial charge in [-0.05, 0) is 49.4 Å². The van der Waals surface area contributed by atoms with Gasteiger partial charge in [0.25, 0.3) is 0 Å². The van der Waals surface area contributed by atoms with E-state index < -0.39 is 5.41 Å². The van der Waals surface area contributed by atoms with Crippen molar-refractivity contribution in [1.29, 1.82) is 0 Å². The molecular formula is C23H48O4. The molecule has 0 heterocycles. The van der Waals surface area contributed by atoms with Gasteiger partial charge in [-0.25, -0.2) is 0 Å². The van der Waals surface area contributed by atoms with Crippen LogP contribution in [0.3, 0.4) is 0 Å². The maximum Gasteiger partial charge on any atom is 0.0632 e. The van der Waals surface area contributed by atoms with Gasteiger partial charge in [-0.1, -0.05) is 55.4 Å². The van der Waals surface area contributed by atoms with Crippen LogP contribution in [0, 0.1) is 29.1 Å². The van der Waals surface area contributed by atoms with Crippen LogP contribution >= 0.6 is 0 Å². The van der Waals surface area contributed by atoms with E-state index in [0.717, 1.165) is 25.7 Å². The van der Waals surface area contributed by atoms with Crippen LogP contribution in [0.2, 0.25) is 0 Å². The molecule has 0 aromatic carbocycles. The molecular weight excluding hydrogens is 340 g/mol. The second kappa shape index (κ2) is 13.9. The van der Waals surface area contributed by atoms with E-state index in [1.165, 1.54) is 0 Å². The zero-order chi connectivity index (χ0) is 21.0. The van der Waals surface area contributed by atoms with Gasteiger partial charge in [-0.3, -0.25) is 0 Å². The lowest BCUT2D eigenvalue weighted by Crippen LogP contribution is -2.42. The Morgan fingerprint density at radius 1 is 0.556 bits per heavy atom. The topological polar surface area (TPSA) is 58.9 Å². The fourth-order valence-electron chi connectivity index (χ4n) is 3.43. The van der Waals surface area contributed by atoms with Crippen LogP contribution in [-0.2, 0) is 9.47 Å². The van der Waals surface area contributed by atoms with Crippen molar-refractivity contribution in [3.05, 3.63) is 0 Å². The molecule has 0 unspecified atom stereocenters. The Bertz CT molecular complexity index is 298. The summed E-state index contributed by atoms with van der Waals surface area (Å²) in [4.78, 5) is 0. The lowest BCUT2D eigenvalue weighted by atomic mass is 9.91. The van der Waals surface area contributed by atoms with Crippen molar-refractivity contribution in [2.75, 3.05) is 26.4 Å². The number of hydrogen-bond acceptors (Lipinski definition) is 4. The molecule has 0 aliphatic carbocycles. The fraction of sp³-hybridized carbons (Fsp3) is 1.00. The predicted molar refractivity (Wildman–Crippen MR) is 114 cm³/mol. The summed E-state index contributed by atoms with van der Waals surface area (Å²) >= 11 is 0. The maximum absolute atomic E-state index is 10.0. The van der Waals surface area contributed by atoms with Gasteiger partial charge in [0.05, 0.1) is 44.1 Å². The summed E-state index contributed by atoms with van der Waals surface area (Å²) in [6.07, 6.45) is 4.30. The third-order valence-corrected chi connectivity index (χ3v) is 4.86. The third-order valence-electron chi connectivity index (χ3n) is 4.86. The molecule has 0 rings (SSSR count). The van der Waals surface area contributed by atoms with Crippen molar-refractivity contribution >= 4 is 0 Å². The van der Waals surface area contributed by atoms with E-state index in [1.807, 2.05) is 0 Å². The Balaban J connectivity index is 4.91. The van der Waals surface area contributed by atoms with Crippen LogP contribution in [0.15, 0.2) is 0 Å². The van der Waals surface area contributed by atoms with Gasteiger partial charge < -0.3 is 19.7 Å². The molecule has 4 heteroatoms. The van der Waals surface area contributed by atoms with E-state index in [4.69, 9.17) is 9.47 Å². The molecule has 0 aliphatic heterocycles. The van der Waals surface area contributed by atoms with Crippen LogP contribution in [0.25, 0.3) is 0 Å². The summed E-state index contributed by atoms with van der Waals surface area (Å²) in [7, 11) is 0. The van der Waals surface area contributed by atoms with E-state index in [9.17, 15) is 10.2 Å². The van der Waals surface area contributed by atoms with Gasteiger partial charge in [0, 0.05) is 0 Å². The summed E-state index contributed by atoms with van der Waals surface area (Å²) in [5, 5.41) is 20.0. The van der Waals surface area contributed by atoms with Crippen LogP contribution < -0.4 is 0 Å². The van der Waals surface area contributed by atoms with Gasteiger partial charge in [0.1, 0.15) is 0 Å². The summed E-state index contributed by atoms with van der Waals surface area (Å²) in [6, 6.07) is 0. The highest BCUT2D eigenvalue weighted by atomic mass is 16.5. The average Bonchev–Trinajstić information content (AvgIpc) is 2.53. The van der Waals surface area contributed by atoms with Crippen molar-refractivity contribution in [3.63, 3.8) is 0 Å². The number of ether oxygens (including phenoxy) is 2. The van der Waals surface area contributed by atoms with Crippen molar-refractivity contribution < 1.29 is 19.7 Å². The first-order valence-electron chi connectivity index (χ1n) is 11.0. The number of rotatable bonds is 16. The van der Waals surface area contributed by atoms with Crippen LogP contribution in [0.1, 0.15) is 81.1 Å². The van der Waals surface area contributed by atoms with Crippen molar-refractivity contribution in [1.82, 2.24) is 0 Å². The standard InChI is InChI=1S/C23H48O4/c1-17(2)9-21(10-18(3)4)26-15-23(13-24,14-25)16-27-22(11-19(5)6)12-20(7)8/h17-22,24-25H,9-16H2,1-8H3. The molecule has 0 spiro atoms. The van der Waals surface area contributed by atoms with Gasteiger partial charge in [0.15, 0.2) is 0 Å². The summed E-state index contributed by atoms with van der Waals surface area (Å²) in [6.45, 7) is 18.0. The first-order valence-corrected chi connectivity index (χ1v) is 11.0. The molecule has 164 valence electrons. The van der Waals surface area contributed by atoms with Gasteiger partial charge in [-0.15, -0.1) is 0 Å². The highest BCUT2D eigenvalue weighted by Gasteiger charge is 2.32. The lowest BCUT2D eigenvalue weighted by Gasteiger charge is -2.34. The quantitative estimate of drug-likeness (QED) is 0.394. The number of hydrogen-bond donors (Lipinski definition) is 2. The summed E-state index contributed by atoms with van der Waals surface area (Å²) in [5.41, 5.74) is -0.738. The van der Waals surface area contributed by atoms with Crippen molar-refractivity contribution in [3.8, 4) is 0 Å². The predicted octanol–water partition coefficient (Wildman–Crippen LogP) is 4.91. The zero-order valence-electron chi connectivity index (χ0n) is 19.3. The Hall–Kier alpha value is -0.160. The maximum atomic E-state index is 10.0. The minimum Gasteiger partial charge on any atom is -0.396 e. The molecule has 0 aromatic rings. The van der Waals surface area contributed by atoms with Crippen LogP contribution in [-0.4, -0.2) is 48.8 Å². The number of aliphatic hydroxyl groups excluding tert-OH is 2. The Kier molecular flexibility index (Phi) is 13.8. The molecule has 0 saturated heterocycles. The minimum absolute atomic E-state index is 0.129. The van der Waals surface area contributed by atoms with Gasteiger partial charge in [0.2, 0.25) is 0 Å². The zero-order valence-corrected chi connectivity index (χ0v) is 19.3. The minimum atomic E-state index is -0.738. The van der Waals surface area contributed by atoms with Crippen molar-refractivity contribution in [2.24, 2.45) is 29.1 Å². The molecule has 2 N–H and O–H groups in total. The smallest absolute Gasteiger partial charge is 0.0632 e. The van der Waals surface area contributed by atoms with Crippen molar-refractivity contribution in [2.45, 2.75) is 93.3 Å². The van der Waals surface area contributed by atoms with Crippen LogP contribution in [0.4, 0.5) is 0 Å². The summed E-state index contributed by atoms with van der Waals surface area (Å²) in [5.74, 6) is 2.24. The average molecular weight is 389 g/mol. The molecule has 0 amide bonds. The van der Waals surface area contributed by atoms with Crippen LogP contribution in [0.5, 0.6) is 0 Å². The van der Waals surface area contributed by atoms with Gasteiger partial charge >= 0.3 is 0 Å². The first kappa shape index (κ1) is 26.8. The molecule has 0 radical (unpaired) electrons. The fourth-order valence-corrected chi connectivity index (χ4v) is 3.43. The highest BCUT2D eigenvalue weighted by molar-refractivity contribution is 4.80. The van der Waals surface area contributed by atoms with E-state index in [0.29, 0.717) is 36.9 Å². The summed E-state index contributed by atoms with van der Waals surface area (Å²) < 4.78 is 12.4. The second-order valence-electron chi connectivity index (χ2n) is 10.2. The first-order chi connectivity index (χ1) is 12.5.